The molecule has 1 aliphatic heterocycles. The predicted molar refractivity (Wildman–Crippen MR) is 147 cm³/mol. The molecule has 38 heavy (non-hydrogen) atoms. The first-order valence-electron chi connectivity index (χ1n) is 12.3. The van der Waals surface area contributed by atoms with Crippen LogP contribution in [0.2, 0.25) is 0 Å². The largest absolute Gasteiger partial charge is 0.493 e. The van der Waals surface area contributed by atoms with Crippen LogP contribution < -0.4 is 21.8 Å². The van der Waals surface area contributed by atoms with Gasteiger partial charge in [-0.2, -0.15) is 0 Å². The third kappa shape index (κ3) is 4.14. The van der Waals surface area contributed by atoms with Crippen LogP contribution in [0.1, 0.15) is 22.3 Å². The molecule has 1 fully saturated rings. The summed E-state index contributed by atoms with van der Waals surface area (Å²) in [6.45, 7) is 8.00. The number of aromatic hydroxyl groups is 1. The SMILES string of the molecule is Cc1cc(C)c(-n2c(O)c(C=Nc3cc4c(cc3N3CCOCC3)n(C)c(=O)n4C)c(=O)[nH]c2=O)c(C)c1. The van der Waals surface area contributed by atoms with Gasteiger partial charge < -0.3 is 14.7 Å². The van der Waals surface area contributed by atoms with Gasteiger partial charge in [0.25, 0.3) is 5.56 Å². The number of morpholine rings is 1. The lowest BCUT2D eigenvalue weighted by atomic mass is 10.0. The summed E-state index contributed by atoms with van der Waals surface area (Å²) in [5, 5.41) is 11.1. The van der Waals surface area contributed by atoms with Crippen LogP contribution >= 0.6 is 0 Å². The van der Waals surface area contributed by atoms with Crippen molar-refractivity contribution in [1.29, 1.82) is 0 Å². The third-order valence-electron chi connectivity index (χ3n) is 7.03. The Morgan fingerprint density at radius 1 is 0.947 bits per heavy atom. The minimum Gasteiger partial charge on any atom is -0.493 e. The van der Waals surface area contributed by atoms with Crippen molar-refractivity contribution in [2.24, 2.45) is 19.1 Å². The minimum absolute atomic E-state index is 0.154. The fourth-order valence-electron chi connectivity index (χ4n) is 5.21. The van der Waals surface area contributed by atoms with Gasteiger partial charge in [-0.15, -0.1) is 0 Å². The van der Waals surface area contributed by atoms with Gasteiger partial charge in [-0.05, 0) is 44.0 Å². The standard InChI is InChI=1S/C27H30N6O5/c1-15-10-16(2)23(17(3)11-15)33-25(35)18(24(34)29-26(33)36)14-28-19-12-21-22(31(5)27(37)30(21)4)13-20(19)32-6-8-38-9-7-32/h10-14,35H,6-9H2,1-5H3,(H,29,34,36). The number of nitrogens with zero attached hydrogens (tertiary/aromatic N) is 5. The van der Waals surface area contributed by atoms with E-state index < -0.39 is 17.1 Å². The fourth-order valence-corrected chi connectivity index (χ4v) is 5.21. The Labute approximate surface area is 217 Å². The van der Waals surface area contributed by atoms with Crippen molar-refractivity contribution in [2.45, 2.75) is 20.8 Å². The molecule has 11 heteroatoms. The van der Waals surface area contributed by atoms with Gasteiger partial charge >= 0.3 is 11.4 Å². The van der Waals surface area contributed by atoms with E-state index in [1.807, 2.05) is 39.0 Å². The summed E-state index contributed by atoms with van der Waals surface area (Å²) in [4.78, 5) is 47.2. The molecule has 0 atom stereocenters. The number of aryl methyl sites for hydroxylation is 5. The molecule has 0 aliphatic carbocycles. The van der Waals surface area contributed by atoms with Gasteiger partial charge in [-0.3, -0.25) is 23.9 Å². The number of imidazole rings is 1. The zero-order chi connectivity index (χ0) is 27.3. The second-order valence-corrected chi connectivity index (χ2v) is 9.67. The van der Waals surface area contributed by atoms with Crippen LogP contribution in [0.5, 0.6) is 5.88 Å². The van der Waals surface area contributed by atoms with Crippen molar-refractivity contribution >= 4 is 28.6 Å². The number of aromatic nitrogens is 4. The second-order valence-electron chi connectivity index (χ2n) is 9.67. The summed E-state index contributed by atoms with van der Waals surface area (Å²) >= 11 is 0. The highest BCUT2D eigenvalue weighted by Crippen LogP contribution is 2.34. The molecule has 2 aromatic heterocycles. The number of H-pyrrole nitrogens is 1. The van der Waals surface area contributed by atoms with Crippen molar-refractivity contribution < 1.29 is 9.84 Å². The number of benzene rings is 2. The molecule has 198 valence electrons. The number of fused-ring (bicyclic) bond motifs is 1. The summed E-state index contributed by atoms with van der Waals surface area (Å²) in [6.07, 6.45) is 1.26. The number of hydrogen-bond acceptors (Lipinski definition) is 7. The Morgan fingerprint density at radius 3 is 2.18 bits per heavy atom. The van der Waals surface area contributed by atoms with E-state index in [1.54, 1.807) is 24.7 Å². The van der Waals surface area contributed by atoms with Crippen LogP contribution in [-0.2, 0) is 18.8 Å². The molecule has 2 aromatic carbocycles. The molecule has 2 N–H and O–H groups in total. The molecule has 0 radical (unpaired) electrons. The maximum absolute atomic E-state index is 12.8. The molecule has 5 rings (SSSR count). The topological polar surface area (TPSA) is 127 Å². The van der Waals surface area contributed by atoms with Crippen molar-refractivity contribution in [3.8, 4) is 11.6 Å². The molecular formula is C27H30N6O5. The lowest BCUT2D eigenvalue weighted by Gasteiger charge is -2.30. The zero-order valence-corrected chi connectivity index (χ0v) is 22.0. The lowest BCUT2D eigenvalue weighted by Crippen LogP contribution is -2.36. The zero-order valence-electron chi connectivity index (χ0n) is 22.0. The summed E-state index contributed by atoms with van der Waals surface area (Å²) < 4.78 is 9.70. The van der Waals surface area contributed by atoms with Gasteiger partial charge in [-0.1, -0.05) is 17.7 Å². The van der Waals surface area contributed by atoms with Crippen molar-refractivity contribution in [3.05, 3.63) is 77.8 Å². The molecule has 0 bridgehead atoms. The summed E-state index contributed by atoms with van der Waals surface area (Å²) in [7, 11) is 3.40. The van der Waals surface area contributed by atoms with Crippen molar-refractivity contribution in [2.75, 3.05) is 31.2 Å². The summed E-state index contributed by atoms with van der Waals surface area (Å²) in [6, 6.07) is 7.49. The highest BCUT2D eigenvalue weighted by atomic mass is 16.5. The number of aliphatic imine (C=N–C) groups is 1. The van der Waals surface area contributed by atoms with Crippen LogP contribution in [0, 0.1) is 20.8 Å². The van der Waals surface area contributed by atoms with E-state index in [4.69, 9.17) is 4.74 Å². The molecule has 4 aromatic rings. The highest BCUT2D eigenvalue weighted by Gasteiger charge is 2.20. The van der Waals surface area contributed by atoms with Crippen LogP contribution in [0.15, 0.2) is 43.6 Å². The Hall–Kier alpha value is -4.38. The maximum Gasteiger partial charge on any atom is 0.335 e. The molecule has 0 amide bonds. The number of hydrogen-bond donors (Lipinski definition) is 2. The molecular weight excluding hydrogens is 488 g/mol. The smallest absolute Gasteiger partial charge is 0.335 e. The average molecular weight is 519 g/mol. The first-order chi connectivity index (χ1) is 18.1. The summed E-state index contributed by atoms with van der Waals surface area (Å²) in [5.41, 5.74) is 3.96. The second kappa shape index (κ2) is 9.49. The normalized spacial score (nSPS) is 14.2. The van der Waals surface area contributed by atoms with Gasteiger partial charge in [0.2, 0.25) is 5.88 Å². The molecule has 1 aliphatic rings. The Balaban J connectivity index is 1.70. The van der Waals surface area contributed by atoms with E-state index in [1.165, 1.54) is 10.8 Å². The fraction of sp³-hybridized carbons (Fsp3) is 0.333. The van der Waals surface area contributed by atoms with Gasteiger partial charge in [0, 0.05) is 33.4 Å². The highest BCUT2D eigenvalue weighted by molar-refractivity contribution is 5.92. The van der Waals surface area contributed by atoms with Crippen LogP contribution in [-0.4, -0.2) is 56.3 Å². The Kier molecular flexibility index (Phi) is 6.31. The first-order valence-corrected chi connectivity index (χ1v) is 12.3. The molecule has 1 saturated heterocycles. The Bertz CT molecular complexity index is 1760. The van der Waals surface area contributed by atoms with E-state index in [0.29, 0.717) is 43.2 Å². The van der Waals surface area contributed by atoms with E-state index in [0.717, 1.165) is 32.5 Å². The van der Waals surface area contributed by atoms with Crippen molar-refractivity contribution in [1.82, 2.24) is 18.7 Å². The molecule has 0 saturated carbocycles. The molecule has 3 heterocycles. The van der Waals surface area contributed by atoms with Crippen LogP contribution in [0.3, 0.4) is 0 Å². The van der Waals surface area contributed by atoms with Gasteiger partial charge in [-0.25, -0.2) is 14.2 Å². The molecule has 0 spiro atoms. The van der Waals surface area contributed by atoms with E-state index in [2.05, 4.69) is 14.9 Å². The average Bonchev–Trinajstić information content (AvgIpc) is 3.08. The van der Waals surface area contributed by atoms with Crippen molar-refractivity contribution in [3.63, 3.8) is 0 Å². The van der Waals surface area contributed by atoms with Crippen LogP contribution in [0.25, 0.3) is 16.7 Å². The minimum atomic E-state index is -0.754. The molecule has 11 nitrogen and oxygen atoms in total. The number of ether oxygens (including phenoxy) is 1. The monoisotopic (exact) mass is 518 g/mol. The number of aromatic amines is 1. The quantitative estimate of drug-likeness (QED) is 0.398. The van der Waals surface area contributed by atoms with E-state index in [9.17, 15) is 19.5 Å². The number of nitrogens with one attached hydrogen (secondary N) is 1. The predicted octanol–water partition coefficient (Wildman–Crippen LogP) is 1.93. The number of anilines is 1. The molecule has 0 unspecified atom stereocenters. The Morgan fingerprint density at radius 2 is 1.55 bits per heavy atom. The van der Waals surface area contributed by atoms with E-state index >= 15 is 0 Å². The van der Waals surface area contributed by atoms with Gasteiger partial charge in [0.1, 0.15) is 5.56 Å². The summed E-state index contributed by atoms with van der Waals surface area (Å²) in [5.74, 6) is -0.501. The van der Waals surface area contributed by atoms with E-state index in [-0.39, 0.29) is 11.3 Å². The number of rotatable bonds is 4. The third-order valence-corrected chi connectivity index (χ3v) is 7.03. The maximum atomic E-state index is 12.8. The lowest BCUT2D eigenvalue weighted by molar-refractivity contribution is 0.123. The first kappa shape index (κ1) is 25.3. The van der Waals surface area contributed by atoms with Crippen LogP contribution in [0.4, 0.5) is 11.4 Å². The van der Waals surface area contributed by atoms with Gasteiger partial charge in [0.05, 0.1) is 41.3 Å². The van der Waals surface area contributed by atoms with Gasteiger partial charge in [0.15, 0.2) is 0 Å².